The minimum Gasteiger partial charge on any atom is -0.497 e. The number of hydrogen-bond donors (Lipinski definition) is 2. The third-order valence-corrected chi connectivity index (χ3v) is 3.89. The highest BCUT2D eigenvalue weighted by Gasteiger charge is 2.15. The number of pyridine rings is 1. The highest BCUT2D eigenvalue weighted by atomic mass is 16.5. The van der Waals surface area contributed by atoms with E-state index in [1.165, 1.54) is 0 Å². The van der Waals surface area contributed by atoms with Crippen LogP contribution < -0.4 is 10.1 Å². The quantitative estimate of drug-likeness (QED) is 0.745. The fraction of sp³-hybridized carbons (Fsp3) is 0.158. The van der Waals surface area contributed by atoms with E-state index in [1.54, 1.807) is 7.11 Å². The van der Waals surface area contributed by atoms with Crippen LogP contribution in [0.2, 0.25) is 0 Å². The fourth-order valence-corrected chi connectivity index (χ4v) is 2.70. The molecule has 0 saturated heterocycles. The zero-order valence-corrected chi connectivity index (χ0v) is 13.5. The number of hydrogen-bond acceptors (Lipinski definition) is 4. The van der Waals surface area contributed by atoms with Gasteiger partial charge >= 0.3 is 5.97 Å². The molecule has 122 valence electrons. The predicted octanol–water partition coefficient (Wildman–Crippen LogP) is 3.92. The molecule has 0 aliphatic rings. The van der Waals surface area contributed by atoms with Gasteiger partial charge in [0.1, 0.15) is 5.75 Å². The Morgan fingerprint density at radius 1 is 1.17 bits per heavy atom. The molecule has 0 saturated carbocycles. The molecular weight excluding hydrogens is 304 g/mol. The number of carboxylic acid groups (broad SMARTS) is 1. The highest BCUT2D eigenvalue weighted by Crippen LogP contribution is 2.32. The summed E-state index contributed by atoms with van der Waals surface area (Å²) in [5, 5.41) is 13.5. The maximum atomic E-state index is 11.3. The van der Waals surface area contributed by atoms with Gasteiger partial charge in [-0.2, -0.15) is 0 Å². The van der Waals surface area contributed by atoms with Crippen LogP contribution in [0, 0.1) is 6.92 Å². The van der Waals surface area contributed by atoms with Crippen molar-refractivity contribution in [3.63, 3.8) is 0 Å². The number of fused-ring (bicyclic) bond motifs is 1. The molecule has 3 aromatic rings. The van der Waals surface area contributed by atoms with Gasteiger partial charge in [0.05, 0.1) is 24.7 Å². The van der Waals surface area contributed by atoms with E-state index in [0.29, 0.717) is 11.3 Å². The van der Waals surface area contributed by atoms with Gasteiger partial charge in [-0.15, -0.1) is 0 Å². The second kappa shape index (κ2) is 6.58. The van der Waals surface area contributed by atoms with Gasteiger partial charge in [0.15, 0.2) is 0 Å². The Morgan fingerprint density at radius 3 is 2.54 bits per heavy atom. The first-order chi connectivity index (χ1) is 11.6. The molecule has 0 amide bonds. The third kappa shape index (κ3) is 3.15. The van der Waals surface area contributed by atoms with Crippen molar-refractivity contribution in [1.29, 1.82) is 0 Å². The lowest BCUT2D eigenvalue weighted by Crippen LogP contribution is -2.08. The first-order valence-corrected chi connectivity index (χ1v) is 7.59. The number of rotatable bonds is 5. The lowest BCUT2D eigenvalue weighted by atomic mass is 10.0. The number of para-hydroxylation sites is 1. The maximum absolute atomic E-state index is 11.3. The van der Waals surface area contributed by atoms with Crippen molar-refractivity contribution >= 4 is 28.2 Å². The zero-order chi connectivity index (χ0) is 17.1. The number of nitrogens with zero attached hydrogens (tertiary/aromatic N) is 1. The number of carbonyl (C=O) groups is 1. The first kappa shape index (κ1) is 15.8. The molecule has 0 aliphatic carbocycles. The van der Waals surface area contributed by atoms with Gasteiger partial charge in [-0.05, 0) is 37.3 Å². The molecule has 3 rings (SSSR count). The average Bonchev–Trinajstić information content (AvgIpc) is 2.58. The standard InChI is InChI=1S/C19H18N2O3/c1-12-16(11-18(22)23)19(15-5-3-4-6-17(15)20-12)21-13-7-9-14(24-2)10-8-13/h3-10H,11H2,1-2H3,(H,20,21)(H,22,23). The molecule has 0 spiro atoms. The third-order valence-electron chi connectivity index (χ3n) is 3.89. The van der Waals surface area contributed by atoms with Crippen molar-refractivity contribution < 1.29 is 14.6 Å². The molecule has 0 atom stereocenters. The molecule has 0 aliphatic heterocycles. The van der Waals surface area contributed by atoms with Crippen molar-refractivity contribution in [2.24, 2.45) is 0 Å². The van der Waals surface area contributed by atoms with Gasteiger partial charge in [0.2, 0.25) is 0 Å². The van der Waals surface area contributed by atoms with Crippen LogP contribution in [-0.4, -0.2) is 23.2 Å². The Hall–Kier alpha value is -3.08. The molecule has 0 bridgehead atoms. The van der Waals surface area contributed by atoms with E-state index < -0.39 is 5.97 Å². The smallest absolute Gasteiger partial charge is 0.307 e. The second-order valence-electron chi connectivity index (χ2n) is 5.49. The minimum absolute atomic E-state index is 0.0812. The molecule has 24 heavy (non-hydrogen) atoms. The minimum atomic E-state index is -0.882. The largest absolute Gasteiger partial charge is 0.497 e. The summed E-state index contributed by atoms with van der Waals surface area (Å²) in [5.41, 5.74) is 3.88. The molecule has 5 nitrogen and oxygen atoms in total. The van der Waals surface area contributed by atoms with Crippen LogP contribution in [0.4, 0.5) is 11.4 Å². The monoisotopic (exact) mass is 322 g/mol. The first-order valence-electron chi connectivity index (χ1n) is 7.59. The molecular formula is C19H18N2O3. The molecule has 2 N–H and O–H groups in total. The number of aryl methyl sites for hydroxylation is 1. The lowest BCUT2D eigenvalue weighted by Gasteiger charge is -2.16. The van der Waals surface area contributed by atoms with Gasteiger partial charge in [0.25, 0.3) is 0 Å². The van der Waals surface area contributed by atoms with Crippen LogP contribution in [-0.2, 0) is 11.2 Å². The van der Waals surface area contributed by atoms with E-state index in [1.807, 2.05) is 55.5 Å². The summed E-state index contributed by atoms with van der Waals surface area (Å²) in [6.07, 6.45) is -0.0812. The number of ether oxygens (including phenoxy) is 1. The molecule has 0 unspecified atom stereocenters. The van der Waals surface area contributed by atoms with Gasteiger partial charge < -0.3 is 15.2 Å². The fourth-order valence-electron chi connectivity index (χ4n) is 2.70. The van der Waals surface area contributed by atoms with Crippen molar-refractivity contribution in [2.75, 3.05) is 12.4 Å². The number of methoxy groups -OCH3 is 1. The topological polar surface area (TPSA) is 71.5 Å². The van der Waals surface area contributed by atoms with E-state index in [0.717, 1.165) is 28.0 Å². The number of carboxylic acids is 1. The molecule has 1 heterocycles. The van der Waals surface area contributed by atoms with Crippen LogP contribution in [0.25, 0.3) is 10.9 Å². The summed E-state index contributed by atoms with van der Waals surface area (Å²) in [5.74, 6) is -0.116. The van der Waals surface area contributed by atoms with E-state index in [9.17, 15) is 9.90 Å². The predicted molar refractivity (Wildman–Crippen MR) is 94.1 cm³/mol. The van der Waals surface area contributed by atoms with Gasteiger partial charge in [0, 0.05) is 22.3 Å². The van der Waals surface area contributed by atoms with E-state index in [4.69, 9.17) is 4.74 Å². The molecule has 1 aromatic heterocycles. The number of nitrogens with one attached hydrogen (secondary N) is 1. The van der Waals surface area contributed by atoms with Crippen molar-refractivity contribution in [1.82, 2.24) is 4.98 Å². The van der Waals surface area contributed by atoms with Gasteiger partial charge in [-0.3, -0.25) is 9.78 Å². The van der Waals surface area contributed by atoms with Crippen LogP contribution in [0.3, 0.4) is 0 Å². The summed E-state index contributed by atoms with van der Waals surface area (Å²) < 4.78 is 5.17. The summed E-state index contributed by atoms with van der Waals surface area (Å²) >= 11 is 0. The van der Waals surface area contributed by atoms with E-state index in [-0.39, 0.29) is 6.42 Å². The van der Waals surface area contributed by atoms with Crippen molar-refractivity contribution in [3.05, 3.63) is 59.8 Å². The second-order valence-corrected chi connectivity index (χ2v) is 5.49. The molecule has 2 aromatic carbocycles. The van der Waals surface area contributed by atoms with Crippen LogP contribution >= 0.6 is 0 Å². The summed E-state index contributed by atoms with van der Waals surface area (Å²) in [4.78, 5) is 15.8. The Bertz CT molecular complexity index is 889. The van der Waals surface area contributed by atoms with Crippen LogP contribution in [0.1, 0.15) is 11.3 Å². The van der Waals surface area contributed by atoms with Crippen molar-refractivity contribution in [2.45, 2.75) is 13.3 Å². The Kier molecular flexibility index (Phi) is 4.33. The SMILES string of the molecule is COc1ccc(Nc2c(CC(=O)O)c(C)nc3ccccc23)cc1. The van der Waals surface area contributed by atoms with Crippen molar-refractivity contribution in [3.8, 4) is 5.75 Å². The van der Waals surface area contributed by atoms with Gasteiger partial charge in [-0.25, -0.2) is 0 Å². The average molecular weight is 322 g/mol. The number of benzene rings is 2. The number of aliphatic carboxylic acids is 1. The van der Waals surface area contributed by atoms with Crippen LogP contribution in [0.15, 0.2) is 48.5 Å². The summed E-state index contributed by atoms with van der Waals surface area (Å²) in [6.45, 7) is 1.84. The Labute approximate surface area is 139 Å². The van der Waals surface area contributed by atoms with Crippen LogP contribution in [0.5, 0.6) is 5.75 Å². The molecule has 0 radical (unpaired) electrons. The molecule has 0 fully saturated rings. The van der Waals surface area contributed by atoms with E-state index >= 15 is 0 Å². The Balaban J connectivity index is 2.13. The normalized spacial score (nSPS) is 10.6. The summed E-state index contributed by atoms with van der Waals surface area (Å²) in [6, 6.07) is 15.2. The lowest BCUT2D eigenvalue weighted by molar-refractivity contribution is -0.136. The Morgan fingerprint density at radius 2 is 1.88 bits per heavy atom. The number of aromatic nitrogens is 1. The number of anilines is 2. The molecule has 5 heteroatoms. The summed E-state index contributed by atoms with van der Waals surface area (Å²) in [7, 11) is 1.62. The zero-order valence-electron chi connectivity index (χ0n) is 13.5. The maximum Gasteiger partial charge on any atom is 0.307 e. The van der Waals surface area contributed by atoms with Gasteiger partial charge in [-0.1, -0.05) is 18.2 Å². The van der Waals surface area contributed by atoms with E-state index in [2.05, 4.69) is 10.3 Å². The highest BCUT2D eigenvalue weighted by molar-refractivity contribution is 5.96.